The van der Waals surface area contributed by atoms with Gasteiger partial charge in [-0.2, -0.15) is 0 Å². The molecule has 5 nitrogen and oxygen atoms in total. The minimum absolute atomic E-state index is 0.151. The van der Waals surface area contributed by atoms with E-state index in [0.717, 1.165) is 44.7 Å². The molecule has 1 heterocycles. The van der Waals surface area contributed by atoms with Gasteiger partial charge in [-0.05, 0) is 36.6 Å². The molecule has 0 bridgehead atoms. The molecular weight excluding hydrogens is 280 g/mol. The van der Waals surface area contributed by atoms with Crippen molar-refractivity contribution in [2.24, 2.45) is 0 Å². The number of rotatable bonds is 7. The average Bonchev–Trinajstić information content (AvgIpc) is 2.91. The van der Waals surface area contributed by atoms with Gasteiger partial charge in [-0.3, -0.25) is 9.69 Å². The standard InChI is InChI=1S/C17H24N2O3/c1-2-19(11-17(20)21)15-8-14(9-15)18-10-12-3-4-16-13(7-12)5-6-22-16/h3-4,7,14-15,18H,2,5-6,8-11H2,1H3,(H,20,21). The molecule has 0 saturated heterocycles. The number of carboxylic acid groups (broad SMARTS) is 1. The number of nitrogens with one attached hydrogen (secondary N) is 1. The first-order chi connectivity index (χ1) is 10.7. The maximum atomic E-state index is 10.8. The van der Waals surface area contributed by atoms with Gasteiger partial charge in [0.15, 0.2) is 0 Å². The third-order valence-corrected chi connectivity index (χ3v) is 4.72. The van der Waals surface area contributed by atoms with E-state index in [1.54, 1.807) is 0 Å². The molecule has 1 saturated carbocycles. The predicted molar refractivity (Wildman–Crippen MR) is 84.2 cm³/mol. The van der Waals surface area contributed by atoms with Crippen LogP contribution in [0.2, 0.25) is 0 Å². The van der Waals surface area contributed by atoms with Crippen molar-refractivity contribution in [3.8, 4) is 5.75 Å². The number of nitrogens with zero attached hydrogens (tertiary/aromatic N) is 1. The minimum atomic E-state index is -0.737. The van der Waals surface area contributed by atoms with E-state index in [9.17, 15) is 4.79 Å². The summed E-state index contributed by atoms with van der Waals surface area (Å²) in [5.41, 5.74) is 2.61. The van der Waals surface area contributed by atoms with E-state index < -0.39 is 5.97 Å². The molecule has 22 heavy (non-hydrogen) atoms. The molecule has 2 aliphatic rings. The van der Waals surface area contributed by atoms with Crippen LogP contribution in [0.15, 0.2) is 18.2 Å². The summed E-state index contributed by atoms with van der Waals surface area (Å²) in [5.74, 6) is 0.290. The lowest BCUT2D eigenvalue weighted by atomic mass is 9.85. The molecular formula is C17H24N2O3. The zero-order valence-electron chi connectivity index (χ0n) is 13.0. The second-order valence-electron chi connectivity index (χ2n) is 6.20. The highest BCUT2D eigenvalue weighted by molar-refractivity contribution is 5.69. The molecule has 1 aromatic carbocycles. The maximum absolute atomic E-state index is 10.8. The van der Waals surface area contributed by atoms with E-state index in [-0.39, 0.29) is 6.54 Å². The predicted octanol–water partition coefficient (Wildman–Crippen LogP) is 1.65. The molecule has 0 radical (unpaired) electrons. The molecule has 3 rings (SSSR count). The lowest BCUT2D eigenvalue weighted by Gasteiger charge is -2.42. The van der Waals surface area contributed by atoms with Gasteiger partial charge >= 0.3 is 5.97 Å². The summed E-state index contributed by atoms with van der Waals surface area (Å²) >= 11 is 0. The zero-order chi connectivity index (χ0) is 15.5. The average molecular weight is 304 g/mol. The minimum Gasteiger partial charge on any atom is -0.493 e. The number of fused-ring (bicyclic) bond motifs is 1. The Balaban J connectivity index is 1.43. The fourth-order valence-electron chi connectivity index (χ4n) is 3.34. The van der Waals surface area contributed by atoms with Gasteiger partial charge in [0, 0.05) is 25.0 Å². The molecule has 0 atom stereocenters. The summed E-state index contributed by atoms with van der Waals surface area (Å²) in [6, 6.07) is 7.32. The van der Waals surface area contributed by atoms with E-state index in [0.29, 0.717) is 12.1 Å². The van der Waals surface area contributed by atoms with Crippen LogP contribution < -0.4 is 10.1 Å². The molecule has 2 N–H and O–H groups in total. The van der Waals surface area contributed by atoms with E-state index in [1.165, 1.54) is 11.1 Å². The zero-order valence-corrected chi connectivity index (χ0v) is 13.0. The molecule has 1 aliphatic heterocycles. The van der Waals surface area contributed by atoms with Gasteiger partial charge in [0.2, 0.25) is 0 Å². The number of carbonyl (C=O) groups is 1. The highest BCUT2D eigenvalue weighted by Crippen LogP contribution is 2.28. The summed E-state index contributed by atoms with van der Waals surface area (Å²) in [7, 11) is 0. The van der Waals surface area contributed by atoms with E-state index in [4.69, 9.17) is 9.84 Å². The smallest absolute Gasteiger partial charge is 0.317 e. The first kappa shape index (κ1) is 15.3. The highest BCUT2D eigenvalue weighted by atomic mass is 16.5. The lowest BCUT2D eigenvalue weighted by molar-refractivity contribution is -0.139. The van der Waals surface area contributed by atoms with Gasteiger partial charge in [0.25, 0.3) is 0 Å². The van der Waals surface area contributed by atoms with E-state index in [1.807, 2.05) is 11.8 Å². The van der Waals surface area contributed by atoms with Crippen molar-refractivity contribution >= 4 is 5.97 Å². The van der Waals surface area contributed by atoms with Crippen molar-refractivity contribution in [1.29, 1.82) is 0 Å². The molecule has 0 aromatic heterocycles. The van der Waals surface area contributed by atoms with Crippen LogP contribution in [0, 0.1) is 0 Å². The number of hydrogen-bond donors (Lipinski definition) is 2. The molecule has 1 aromatic rings. The Hall–Kier alpha value is -1.59. The Labute approximate surface area is 131 Å². The van der Waals surface area contributed by atoms with Crippen LogP contribution >= 0.6 is 0 Å². The number of aliphatic carboxylic acids is 1. The molecule has 5 heteroatoms. The van der Waals surface area contributed by atoms with Gasteiger partial charge in [0.05, 0.1) is 13.2 Å². The second-order valence-corrected chi connectivity index (χ2v) is 6.20. The van der Waals surface area contributed by atoms with Gasteiger partial charge in [-0.1, -0.05) is 19.1 Å². The van der Waals surface area contributed by atoms with Crippen molar-refractivity contribution in [3.05, 3.63) is 29.3 Å². The fourth-order valence-corrected chi connectivity index (χ4v) is 3.34. The molecule has 0 unspecified atom stereocenters. The summed E-state index contributed by atoms with van der Waals surface area (Å²) in [5, 5.41) is 12.5. The Kier molecular flexibility index (Phi) is 4.64. The van der Waals surface area contributed by atoms with E-state index in [2.05, 4.69) is 23.5 Å². The van der Waals surface area contributed by atoms with Crippen molar-refractivity contribution < 1.29 is 14.6 Å². The number of hydrogen-bond acceptors (Lipinski definition) is 4. The first-order valence-corrected chi connectivity index (χ1v) is 8.09. The van der Waals surface area contributed by atoms with Crippen molar-refractivity contribution in [3.63, 3.8) is 0 Å². The summed E-state index contributed by atoms with van der Waals surface area (Å²) < 4.78 is 5.52. The van der Waals surface area contributed by atoms with Crippen molar-refractivity contribution in [2.45, 2.75) is 44.8 Å². The third-order valence-electron chi connectivity index (χ3n) is 4.72. The molecule has 0 amide bonds. The highest BCUT2D eigenvalue weighted by Gasteiger charge is 2.33. The van der Waals surface area contributed by atoms with Gasteiger partial charge in [0.1, 0.15) is 5.75 Å². The largest absolute Gasteiger partial charge is 0.493 e. The summed E-state index contributed by atoms with van der Waals surface area (Å²) in [4.78, 5) is 12.9. The summed E-state index contributed by atoms with van der Waals surface area (Å²) in [6.45, 7) is 4.65. The van der Waals surface area contributed by atoms with Gasteiger partial charge in [-0.25, -0.2) is 0 Å². The Morgan fingerprint density at radius 3 is 3.00 bits per heavy atom. The first-order valence-electron chi connectivity index (χ1n) is 8.09. The molecule has 120 valence electrons. The van der Waals surface area contributed by atoms with Crippen LogP contribution in [0.4, 0.5) is 0 Å². The van der Waals surface area contributed by atoms with E-state index >= 15 is 0 Å². The lowest BCUT2D eigenvalue weighted by Crippen LogP contribution is -2.53. The van der Waals surface area contributed by atoms with Crippen LogP contribution in [-0.4, -0.2) is 47.8 Å². The van der Waals surface area contributed by atoms with Crippen molar-refractivity contribution in [1.82, 2.24) is 10.2 Å². The topological polar surface area (TPSA) is 61.8 Å². The fraction of sp³-hybridized carbons (Fsp3) is 0.588. The van der Waals surface area contributed by atoms with Gasteiger partial charge < -0.3 is 15.2 Å². The van der Waals surface area contributed by atoms with Crippen LogP contribution in [0.5, 0.6) is 5.75 Å². The third kappa shape index (κ3) is 3.42. The van der Waals surface area contributed by atoms with Crippen LogP contribution in [0.25, 0.3) is 0 Å². The normalized spacial score (nSPS) is 23.0. The molecule has 0 spiro atoms. The maximum Gasteiger partial charge on any atom is 0.317 e. The number of benzene rings is 1. The Bertz CT molecular complexity index is 541. The number of carboxylic acids is 1. The SMILES string of the molecule is CCN(CC(=O)O)C1CC(NCc2ccc3c(c2)CCO3)C1. The Morgan fingerprint density at radius 2 is 2.27 bits per heavy atom. The van der Waals surface area contributed by atoms with Crippen molar-refractivity contribution in [2.75, 3.05) is 19.7 Å². The second kappa shape index (κ2) is 6.67. The van der Waals surface area contributed by atoms with Crippen LogP contribution in [0.1, 0.15) is 30.9 Å². The molecule has 1 aliphatic carbocycles. The Morgan fingerprint density at radius 1 is 1.45 bits per heavy atom. The number of likely N-dealkylation sites (N-methyl/N-ethyl adjacent to an activating group) is 1. The van der Waals surface area contributed by atoms with Gasteiger partial charge in [-0.15, -0.1) is 0 Å². The van der Waals surface area contributed by atoms with Crippen LogP contribution in [0.3, 0.4) is 0 Å². The van der Waals surface area contributed by atoms with Crippen LogP contribution in [-0.2, 0) is 17.8 Å². The number of ether oxygens (including phenoxy) is 1. The quantitative estimate of drug-likeness (QED) is 0.802. The summed E-state index contributed by atoms with van der Waals surface area (Å²) in [6.07, 6.45) is 3.08. The molecule has 1 fully saturated rings. The monoisotopic (exact) mass is 304 g/mol.